The van der Waals surface area contributed by atoms with Gasteiger partial charge in [-0.05, 0) is 36.5 Å². The molecule has 15 heavy (non-hydrogen) atoms. The minimum absolute atomic E-state index is 0.0260. The van der Waals surface area contributed by atoms with Crippen molar-refractivity contribution >= 4 is 17.3 Å². The van der Waals surface area contributed by atoms with Crippen LogP contribution in [-0.4, -0.2) is 18.3 Å². The van der Waals surface area contributed by atoms with Gasteiger partial charge in [0.05, 0.1) is 7.11 Å². The first kappa shape index (κ1) is 11.8. The average molecular weight is 236 g/mol. The fourth-order valence-electron chi connectivity index (χ4n) is 0.809. The predicted octanol–water partition coefficient (Wildman–Crippen LogP) is 2.96. The number of rotatable bonds is 2. The zero-order valence-corrected chi connectivity index (χ0v) is 8.48. The topological polar surface area (TPSA) is 18.5 Å². The highest BCUT2D eigenvalue weighted by atomic mass is 32.1. The largest absolute Gasteiger partial charge is 0.497 e. The van der Waals surface area contributed by atoms with E-state index in [1.165, 1.54) is 31.4 Å². The highest BCUT2D eigenvalue weighted by Gasteiger charge is 2.36. The van der Waals surface area contributed by atoms with Crippen LogP contribution in [0.2, 0.25) is 0 Å². The van der Waals surface area contributed by atoms with Gasteiger partial charge in [-0.15, -0.1) is 0 Å². The van der Waals surface area contributed by atoms with Gasteiger partial charge in [0, 0.05) is 0 Å². The third-order valence-electron chi connectivity index (χ3n) is 1.50. The molecule has 1 aromatic rings. The van der Waals surface area contributed by atoms with E-state index in [0.29, 0.717) is 5.75 Å². The molecule has 0 saturated carbocycles. The number of hydrogen-bond acceptors (Lipinski definition) is 3. The molecule has 82 valence electrons. The number of halogens is 3. The summed E-state index contributed by atoms with van der Waals surface area (Å²) in [6.45, 7) is 0. The maximum atomic E-state index is 12.0. The van der Waals surface area contributed by atoms with Crippen molar-refractivity contribution in [3.8, 4) is 11.5 Å². The summed E-state index contributed by atoms with van der Waals surface area (Å²) in [5, 5.41) is -1.41. The molecule has 1 rings (SSSR count). The SMILES string of the molecule is COc1ccc(OC(=S)C(F)(F)F)cc1. The molecule has 0 aliphatic carbocycles. The number of benzene rings is 1. The summed E-state index contributed by atoms with van der Waals surface area (Å²) in [6, 6.07) is 5.65. The second kappa shape index (κ2) is 4.48. The molecule has 0 saturated heterocycles. The molecule has 1 aromatic carbocycles. The summed E-state index contributed by atoms with van der Waals surface area (Å²) in [5.74, 6) is 0.554. The number of hydrogen-bond donors (Lipinski definition) is 0. The molecule has 0 atom stereocenters. The minimum atomic E-state index is -4.62. The van der Waals surface area contributed by atoms with Crippen LogP contribution < -0.4 is 9.47 Å². The lowest BCUT2D eigenvalue weighted by molar-refractivity contribution is -0.0676. The van der Waals surface area contributed by atoms with Crippen molar-refractivity contribution < 1.29 is 22.6 Å². The van der Waals surface area contributed by atoms with E-state index in [2.05, 4.69) is 17.0 Å². The van der Waals surface area contributed by atoms with E-state index in [-0.39, 0.29) is 5.75 Å². The molecule has 2 nitrogen and oxygen atoms in total. The van der Waals surface area contributed by atoms with Crippen LogP contribution in [0.1, 0.15) is 0 Å². The number of methoxy groups -OCH3 is 1. The zero-order chi connectivity index (χ0) is 11.5. The first-order valence-corrected chi connectivity index (χ1v) is 4.27. The Kier molecular flexibility index (Phi) is 3.52. The van der Waals surface area contributed by atoms with Gasteiger partial charge in [0.2, 0.25) is 0 Å². The predicted molar refractivity (Wildman–Crippen MR) is 52.3 cm³/mol. The smallest absolute Gasteiger partial charge is 0.460 e. The normalized spacial score (nSPS) is 10.9. The lowest BCUT2D eigenvalue weighted by Gasteiger charge is -2.09. The molecule has 0 aliphatic rings. The quantitative estimate of drug-likeness (QED) is 0.735. The maximum absolute atomic E-state index is 12.0. The van der Waals surface area contributed by atoms with Gasteiger partial charge in [-0.3, -0.25) is 0 Å². The van der Waals surface area contributed by atoms with Gasteiger partial charge < -0.3 is 9.47 Å². The summed E-state index contributed by atoms with van der Waals surface area (Å²) in [7, 11) is 1.45. The molecule has 6 heteroatoms. The standard InChI is InChI=1S/C9H7F3O2S/c1-13-6-2-4-7(5-3-6)14-8(15)9(10,11)12/h2-5H,1H3. The number of ether oxygens (including phenoxy) is 2. The van der Waals surface area contributed by atoms with Crippen LogP contribution in [0, 0.1) is 0 Å². The lowest BCUT2D eigenvalue weighted by Crippen LogP contribution is -2.25. The molecule has 0 N–H and O–H groups in total. The zero-order valence-electron chi connectivity index (χ0n) is 7.67. The lowest BCUT2D eigenvalue weighted by atomic mass is 10.3. The third kappa shape index (κ3) is 3.39. The minimum Gasteiger partial charge on any atom is -0.497 e. The molecule has 0 aromatic heterocycles. The second-order valence-electron chi connectivity index (χ2n) is 2.56. The van der Waals surface area contributed by atoms with Crippen LogP contribution in [0.4, 0.5) is 13.2 Å². The van der Waals surface area contributed by atoms with E-state index in [1.54, 1.807) is 0 Å². The molecule has 0 spiro atoms. The highest BCUT2D eigenvalue weighted by Crippen LogP contribution is 2.22. The van der Waals surface area contributed by atoms with Gasteiger partial charge in [0.1, 0.15) is 11.5 Å². The molecular weight excluding hydrogens is 229 g/mol. The summed E-state index contributed by atoms with van der Waals surface area (Å²) in [6.07, 6.45) is -4.62. The summed E-state index contributed by atoms with van der Waals surface area (Å²) in [4.78, 5) is 0. The Balaban J connectivity index is 2.70. The van der Waals surface area contributed by atoms with Gasteiger partial charge in [-0.1, -0.05) is 0 Å². The average Bonchev–Trinajstić information content (AvgIpc) is 2.17. The molecule has 0 bridgehead atoms. The van der Waals surface area contributed by atoms with Gasteiger partial charge in [0.25, 0.3) is 5.05 Å². The number of thiocarbonyl (C=S) groups is 1. The van der Waals surface area contributed by atoms with Crippen molar-refractivity contribution in [3.63, 3.8) is 0 Å². The Hall–Kier alpha value is -1.30. The Labute approximate surface area is 89.6 Å². The molecule has 0 radical (unpaired) electrons. The highest BCUT2D eigenvalue weighted by molar-refractivity contribution is 7.80. The monoisotopic (exact) mass is 236 g/mol. The van der Waals surface area contributed by atoms with Crippen LogP contribution in [0.15, 0.2) is 24.3 Å². The van der Waals surface area contributed by atoms with Crippen molar-refractivity contribution in [1.82, 2.24) is 0 Å². The summed E-state index contributed by atoms with van der Waals surface area (Å²) < 4.78 is 45.2. The van der Waals surface area contributed by atoms with Gasteiger partial charge >= 0.3 is 6.18 Å². The van der Waals surface area contributed by atoms with Crippen LogP contribution in [-0.2, 0) is 0 Å². The van der Waals surface area contributed by atoms with Crippen molar-refractivity contribution in [3.05, 3.63) is 24.3 Å². The first-order valence-electron chi connectivity index (χ1n) is 3.86. The van der Waals surface area contributed by atoms with Crippen LogP contribution in [0.25, 0.3) is 0 Å². The third-order valence-corrected chi connectivity index (χ3v) is 1.82. The van der Waals surface area contributed by atoms with Crippen LogP contribution in [0.5, 0.6) is 11.5 Å². The molecule has 0 unspecified atom stereocenters. The van der Waals surface area contributed by atoms with E-state index in [4.69, 9.17) is 4.74 Å². The maximum Gasteiger partial charge on any atom is 0.460 e. The van der Waals surface area contributed by atoms with Gasteiger partial charge in [-0.25, -0.2) is 0 Å². The Morgan fingerprint density at radius 2 is 1.60 bits per heavy atom. The van der Waals surface area contributed by atoms with Gasteiger partial charge in [0.15, 0.2) is 0 Å². The van der Waals surface area contributed by atoms with Crippen molar-refractivity contribution in [1.29, 1.82) is 0 Å². The van der Waals surface area contributed by atoms with Crippen LogP contribution >= 0.6 is 12.2 Å². The molecular formula is C9H7F3O2S. The van der Waals surface area contributed by atoms with E-state index < -0.39 is 11.2 Å². The Morgan fingerprint density at radius 1 is 1.13 bits per heavy atom. The molecule has 0 amide bonds. The van der Waals surface area contributed by atoms with E-state index >= 15 is 0 Å². The fraction of sp³-hybridized carbons (Fsp3) is 0.222. The summed E-state index contributed by atoms with van der Waals surface area (Å²) in [5.41, 5.74) is 0. The van der Waals surface area contributed by atoms with Crippen LogP contribution in [0.3, 0.4) is 0 Å². The second-order valence-corrected chi connectivity index (χ2v) is 2.93. The van der Waals surface area contributed by atoms with Crippen molar-refractivity contribution in [2.24, 2.45) is 0 Å². The van der Waals surface area contributed by atoms with Crippen molar-refractivity contribution in [2.45, 2.75) is 6.18 Å². The number of alkyl halides is 3. The molecule has 0 aliphatic heterocycles. The Bertz CT molecular complexity index is 345. The Morgan fingerprint density at radius 3 is 2.00 bits per heavy atom. The van der Waals surface area contributed by atoms with E-state index in [1.807, 2.05) is 0 Å². The van der Waals surface area contributed by atoms with Crippen molar-refractivity contribution in [2.75, 3.05) is 7.11 Å². The first-order chi connectivity index (χ1) is 6.93. The molecule has 0 heterocycles. The summed E-state index contributed by atoms with van der Waals surface area (Å²) >= 11 is 4.06. The fourth-order valence-corrected chi connectivity index (χ4v) is 0.905. The van der Waals surface area contributed by atoms with E-state index in [0.717, 1.165) is 0 Å². The molecule has 0 fully saturated rings. The van der Waals surface area contributed by atoms with Gasteiger partial charge in [-0.2, -0.15) is 13.2 Å². The van der Waals surface area contributed by atoms with E-state index in [9.17, 15) is 13.2 Å².